The molecule has 0 radical (unpaired) electrons. The fourth-order valence-electron chi connectivity index (χ4n) is 0.534. The Balaban J connectivity index is 2.84. The molecular weight excluding hydrogens is 178 g/mol. The van der Waals surface area contributed by atoms with E-state index >= 15 is 0 Å². The van der Waals surface area contributed by atoms with Crippen LogP contribution in [-0.4, -0.2) is 16.5 Å². The van der Waals surface area contributed by atoms with Gasteiger partial charge in [0.1, 0.15) is 6.20 Å². The molecular formula is C6H5N3O2S. The summed E-state index contributed by atoms with van der Waals surface area (Å²) in [5.41, 5.74) is 5.11. The lowest BCUT2D eigenvalue weighted by Crippen LogP contribution is -1.92. The Morgan fingerprint density at radius 2 is 2.58 bits per heavy atom. The molecule has 0 amide bonds. The van der Waals surface area contributed by atoms with Gasteiger partial charge in [0.2, 0.25) is 0 Å². The first kappa shape index (κ1) is 8.64. The number of hydrogen-bond donors (Lipinski definition) is 1. The zero-order valence-electron chi connectivity index (χ0n) is 5.98. The highest BCUT2D eigenvalue weighted by atomic mass is 32.1. The molecule has 6 heteroatoms. The highest BCUT2D eigenvalue weighted by Gasteiger charge is 2.08. The maximum absolute atomic E-state index is 10.2. The summed E-state index contributed by atoms with van der Waals surface area (Å²) in [5, 5.41) is 10.6. The van der Waals surface area contributed by atoms with Crippen LogP contribution in [0.4, 0.5) is 5.00 Å². The molecule has 0 aromatic carbocycles. The van der Waals surface area contributed by atoms with E-state index in [1.165, 1.54) is 6.20 Å². The van der Waals surface area contributed by atoms with E-state index in [9.17, 15) is 10.1 Å². The Morgan fingerprint density at radius 3 is 3.08 bits per heavy atom. The van der Waals surface area contributed by atoms with Crippen LogP contribution in [0.2, 0.25) is 0 Å². The van der Waals surface area contributed by atoms with Crippen molar-refractivity contribution < 1.29 is 4.92 Å². The summed E-state index contributed by atoms with van der Waals surface area (Å²) in [7, 11) is 0. The molecule has 62 valence electrons. The van der Waals surface area contributed by atoms with E-state index in [0.29, 0.717) is 5.01 Å². The summed E-state index contributed by atoms with van der Waals surface area (Å²) in [5.74, 6) is 5.17. The van der Waals surface area contributed by atoms with Crippen LogP contribution >= 0.6 is 11.3 Å². The second kappa shape index (κ2) is 3.80. The van der Waals surface area contributed by atoms with Crippen LogP contribution in [0.15, 0.2) is 6.20 Å². The van der Waals surface area contributed by atoms with Gasteiger partial charge < -0.3 is 5.73 Å². The predicted octanol–water partition coefficient (Wildman–Crippen LogP) is 0.361. The van der Waals surface area contributed by atoms with Gasteiger partial charge >= 0.3 is 5.00 Å². The van der Waals surface area contributed by atoms with Gasteiger partial charge in [-0.1, -0.05) is 5.92 Å². The third kappa shape index (κ3) is 2.02. The van der Waals surface area contributed by atoms with Gasteiger partial charge in [-0.15, -0.1) is 0 Å². The fraction of sp³-hybridized carbons (Fsp3) is 0.167. The van der Waals surface area contributed by atoms with Crippen LogP contribution in [-0.2, 0) is 0 Å². The zero-order chi connectivity index (χ0) is 8.97. The monoisotopic (exact) mass is 183 g/mol. The molecule has 0 bridgehead atoms. The third-order valence-corrected chi connectivity index (χ3v) is 1.84. The number of aromatic nitrogens is 1. The quantitative estimate of drug-likeness (QED) is 0.387. The van der Waals surface area contributed by atoms with Crippen molar-refractivity contribution in [3.05, 3.63) is 21.3 Å². The highest BCUT2D eigenvalue weighted by Crippen LogP contribution is 2.19. The average molecular weight is 183 g/mol. The lowest BCUT2D eigenvalue weighted by Gasteiger charge is -1.76. The normalized spacial score (nSPS) is 8.75. The maximum Gasteiger partial charge on any atom is 0.344 e. The number of rotatable bonds is 1. The number of nitro groups is 1. The van der Waals surface area contributed by atoms with E-state index in [1.54, 1.807) is 0 Å². The topological polar surface area (TPSA) is 82.0 Å². The Hall–Kier alpha value is -1.45. The number of nitrogens with two attached hydrogens (primary N) is 1. The molecule has 0 fully saturated rings. The minimum Gasteiger partial charge on any atom is -0.320 e. The van der Waals surface area contributed by atoms with E-state index in [4.69, 9.17) is 5.73 Å². The minimum atomic E-state index is -0.495. The smallest absolute Gasteiger partial charge is 0.320 e. The van der Waals surface area contributed by atoms with Gasteiger partial charge in [-0.05, 0) is 17.3 Å². The van der Waals surface area contributed by atoms with E-state index in [-0.39, 0.29) is 11.5 Å². The van der Waals surface area contributed by atoms with E-state index in [0.717, 1.165) is 11.3 Å². The molecule has 0 aliphatic heterocycles. The molecule has 0 saturated heterocycles. The third-order valence-electron chi connectivity index (χ3n) is 0.971. The summed E-state index contributed by atoms with van der Waals surface area (Å²) in [6.07, 6.45) is 1.19. The molecule has 0 atom stereocenters. The first-order valence-electron chi connectivity index (χ1n) is 3.03. The fourth-order valence-corrected chi connectivity index (χ4v) is 1.14. The molecule has 2 N–H and O–H groups in total. The summed E-state index contributed by atoms with van der Waals surface area (Å²) < 4.78 is 0. The predicted molar refractivity (Wildman–Crippen MR) is 44.7 cm³/mol. The van der Waals surface area contributed by atoms with Gasteiger partial charge in [0.25, 0.3) is 0 Å². The van der Waals surface area contributed by atoms with Gasteiger partial charge in [0, 0.05) is 0 Å². The van der Waals surface area contributed by atoms with Gasteiger partial charge in [-0.2, -0.15) is 0 Å². The molecule has 0 spiro atoms. The molecule has 0 unspecified atom stereocenters. The molecule has 0 saturated carbocycles. The lowest BCUT2D eigenvalue weighted by molar-refractivity contribution is -0.380. The molecule has 1 heterocycles. The molecule has 1 aromatic rings. The van der Waals surface area contributed by atoms with Crippen molar-refractivity contribution in [2.24, 2.45) is 5.73 Å². The van der Waals surface area contributed by atoms with Crippen molar-refractivity contribution in [2.75, 3.05) is 6.54 Å². The number of hydrogen-bond acceptors (Lipinski definition) is 5. The van der Waals surface area contributed by atoms with Crippen LogP contribution in [0.25, 0.3) is 0 Å². The van der Waals surface area contributed by atoms with Gasteiger partial charge in [-0.3, -0.25) is 10.1 Å². The molecule has 0 aliphatic carbocycles. The Labute approximate surface area is 72.4 Å². The molecule has 5 nitrogen and oxygen atoms in total. The minimum absolute atomic E-state index is 0.00341. The summed E-state index contributed by atoms with van der Waals surface area (Å²) in [6.45, 7) is 0.230. The summed E-state index contributed by atoms with van der Waals surface area (Å²) >= 11 is 0.942. The van der Waals surface area contributed by atoms with Crippen LogP contribution in [0.5, 0.6) is 0 Å². The van der Waals surface area contributed by atoms with Crippen LogP contribution in [0.1, 0.15) is 5.01 Å². The summed E-state index contributed by atoms with van der Waals surface area (Å²) in [4.78, 5) is 13.4. The SMILES string of the molecule is NCC#Cc1ncc([N+](=O)[O-])s1. The van der Waals surface area contributed by atoms with E-state index < -0.39 is 4.92 Å². The van der Waals surface area contributed by atoms with Crippen LogP contribution in [0, 0.1) is 22.0 Å². The Bertz CT molecular complexity index is 349. The molecule has 0 aliphatic rings. The van der Waals surface area contributed by atoms with E-state index in [2.05, 4.69) is 16.8 Å². The van der Waals surface area contributed by atoms with Gasteiger partial charge in [0.05, 0.1) is 11.5 Å². The maximum atomic E-state index is 10.2. The largest absolute Gasteiger partial charge is 0.344 e. The first-order chi connectivity index (χ1) is 5.74. The van der Waals surface area contributed by atoms with Crippen molar-refractivity contribution >= 4 is 16.3 Å². The van der Waals surface area contributed by atoms with Crippen molar-refractivity contribution in [3.8, 4) is 11.8 Å². The van der Waals surface area contributed by atoms with Crippen molar-refractivity contribution in [1.29, 1.82) is 0 Å². The number of thiazole rings is 1. The first-order valence-corrected chi connectivity index (χ1v) is 3.85. The van der Waals surface area contributed by atoms with Crippen molar-refractivity contribution in [1.82, 2.24) is 4.98 Å². The van der Waals surface area contributed by atoms with Gasteiger partial charge in [-0.25, -0.2) is 4.98 Å². The van der Waals surface area contributed by atoms with Crippen molar-refractivity contribution in [2.45, 2.75) is 0 Å². The lowest BCUT2D eigenvalue weighted by atomic mass is 10.6. The van der Waals surface area contributed by atoms with E-state index in [1.807, 2.05) is 0 Å². The Kier molecular flexibility index (Phi) is 2.74. The van der Waals surface area contributed by atoms with Crippen molar-refractivity contribution in [3.63, 3.8) is 0 Å². The Morgan fingerprint density at radius 1 is 1.83 bits per heavy atom. The average Bonchev–Trinajstić information content (AvgIpc) is 2.48. The second-order valence-electron chi connectivity index (χ2n) is 1.77. The standard InChI is InChI=1S/C6H5N3O2S/c7-3-1-2-5-8-4-6(12-5)9(10)11/h4H,3,7H2. The second-order valence-corrected chi connectivity index (χ2v) is 2.78. The highest BCUT2D eigenvalue weighted by molar-refractivity contribution is 7.15. The molecule has 1 rings (SSSR count). The zero-order valence-corrected chi connectivity index (χ0v) is 6.80. The number of nitrogens with zero attached hydrogens (tertiary/aromatic N) is 2. The molecule has 1 aromatic heterocycles. The molecule has 12 heavy (non-hydrogen) atoms. The van der Waals surface area contributed by atoms with Crippen LogP contribution in [0.3, 0.4) is 0 Å². The summed E-state index contributed by atoms with van der Waals surface area (Å²) in [6, 6.07) is 0. The van der Waals surface area contributed by atoms with Gasteiger partial charge in [0.15, 0.2) is 5.01 Å². The van der Waals surface area contributed by atoms with Crippen LogP contribution < -0.4 is 5.73 Å².